The molecule has 0 fully saturated rings. The summed E-state index contributed by atoms with van der Waals surface area (Å²) in [7, 11) is 1.62. The van der Waals surface area contributed by atoms with Crippen LogP contribution in [0.1, 0.15) is 36.5 Å². The van der Waals surface area contributed by atoms with Gasteiger partial charge in [0.15, 0.2) is 0 Å². The summed E-state index contributed by atoms with van der Waals surface area (Å²) in [5.41, 5.74) is 1.15. The lowest BCUT2D eigenvalue weighted by Gasteiger charge is -2.13. The van der Waals surface area contributed by atoms with Gasteiger partial charge >= 0.3 is 0 Å². The van der Waals surface area contributed by atoms with Gasteiger partial charge < -0.3 is 19.8 Å². The smallest absolute Gasteiger partial charge is 0.221 e. The van der Waals surface area contributed by atoms with Crippen LogP contribution in [0.25, 0.3) is 0 Å². The van der Waals surface area contributed by atoms with Crippen LogP contribution in [0, 0.1) is 13.8 Å². The monoisotopic (exact) mass is 268 g/mol. The highest BCUT2D eigenvalue weighted by atomic mass is 16.5. The minimum atomic E-state index is 0.0387. The molecule has 1 rings (SSSR count). The van der Waals surface area contributed by atoms with Crippen LogP contribution in [-0.2, 0) is 9.53 Å². The Balaban J connectivity index is 2.25. The molecule has 108 valence electrons. The Hall–Kier alpha value is -1.33. The number of methoxy groups -OCH3 is 1. The van der Waals surface area contributed by atoms with Crippen LogP contribution >= 0.6 is 0 Å². The molecular formula is C14H24N2O3. The average molecular weight is 268 g/mol. The Labute approximate surface area is 114 Å². The quantitative estimate of drug-likeness (QED) is 0.704. The molecular weight excluding hydrogens is 244 g/mol. The van der Waals surface area contributed by atoms with Gasteiger partial charge in [-0.25, -0.2) is 0 Å². The molecule has 1 unspecified atom stereocenters. The summed E-state index contributed by atoms with van der Waals surface area (Å²) in [4.78, 5) is 11.5. The second-order valence-corrected chi connectivity index (χ2v) is 4.64. The summed E-state index contributed by atoms with van der Waals surface area (Å²) in [6, 6.07) is 2.22. The zero-order valence-electron chi connectivity index (χ0n) is 12.2. The van der Waals surface area contributed by atoms with E-state index in [-0.39, 0.29) is 11.9 Å². The molecule has 0 aliphatic heterocycles. The fourth-order valence-electron chi connectivity index (χ4n) is 1.97. The summed E-state index contributed by atoms with van der Waals surface area (Å²) < 4.78 is 10.4. The van der Waals surface area contributed by atoms with Crippen LogP contribution in [-0.4, -0.2) is 32.7 Å². The largest absolute Gasteiger partial charge is 0.466 e. The third-order valence-electron chi connectivity index (χ3n) is 2.98. The van der Waals surface area contributed by atoms with Gasteiger partial charge in [0, 0.05) is 38.2 Å². The summed E-state index contributed by atoms with van der Waals surface area (Å²) in [5, 5.41) is 6.11. The lowest BCUT2D eigenvalue weighted by Crippen LogP contribution is -2.30. The van der Waals surface area contributed by atoms with Crippen LogP contribution in [0.2, 0.25) is 0 Å². The maximum absolute atomic E-state index is 11.5. The summed E-state index contributed by atoms with van der Waals surface area (Å²) in [6.45, 7) is 7.71. The number of nitrogens with one attached hydrogen (secondary N) is 2. The van der Waals surface area contributed by atoms with E-state index < -0.39 is 0 Å². The molecule has 0 saturated heterocycles. The molecule has 0 aromatic carbocycles. The van der Waals surface area contributed by atoms with Crippen molar-refractivity contribution < 1.29 is 13.9 Å². The van der Waals surface area contributed by atoms with Gasteiger partial charge in [0.25, 0.3) is 0 Å². The highest BCUT2D eigenvalue weighted by Crippen LogP contribution is 2.20. The van der Waals surface area contributed by atoms with Crippen molar-refractivity contribution >= 4 is 5.91 Å². The SMILES string of the molecule is COCCNC(=O)CCNC(C)c1cc(C)oc1C. The van der Waals surface area contributed by atoms with E-state index in [1.165, 1.54) is 0 Å². The topological polar surface area (TPSA) is 63.5 Å². The molecule has 0 spiro atoms. The second kappa shape index (κ2) is 7.96. The van der Waals surface area contributed by atoms with Crippen LogP contribution < -0.4 is 10.6 Å². The van der Waals surface area contributed by atoms with E-state index in [4.69, 9.17) is 9.15 Å². The normalized spacial score (nSPS) is 12.4. The van der Waals surface area contributed by atoms with Gasteiger partial charge in [0.2, 0.25) is 5.91 Å². The molecule has 0 aliphatic rings. The Kier molecular flexibility index (Phi) is 6.59. The first kappa shape index (κ1) is 15.7. The van der Waals surface area contributed by atoms with Crippen molar-refractivity contribution in [3.05, 3.63) is 23.2 Å². The van der Waals surface area contributed by atoms with Crippen molar-refractivity contribution in [2.24, 2.45) is 0 Å². The standard InChI is InChI=1S/C14H24N2O3/c1-10-9-13(12(3)19-10)11(2)15-6-5-14(17)16-7-8-18-4/h9,11,15H,5-8H2,1-4H3,(H,16,17). The number of carbonyl (C=O) groups is 1. The third-order valence-corrected chi connectivity index (χ3v) is 2.98. The predicted molar refractivity (Wildman–Crippen MR) is 74.1 cm³/mol. The molecule has 1 aromatic heterocycles. The second-order valence-electron chi connectivity index (χ2n) is 4.64. The molecule has 0 radical (unpaired) electrons. The van der Waals surface area contributed by atoms with E-state index in [1.54, 1.807) is 7.11 Å². The van der Waals surface area contributed by atoms with Crippen molar-refractivity contribution in [3.8, 4) is 0 Å². The van der Waals surface area contributed by atoms with Crippen molar-refractivity contribution in [2.45, 2.75) is 33.2 Å². The summed E-state index contributed by atoms with van der Waals surface area (Å²) in [6.07, 6.45) is 0.462. The van der Waals surface area contributed by atoms with Gasteiger partial charge in [-0.1, -0.05) is 0 Å². The van der Waals surface area contributed by atoms with Gasteiger partial charge in [0.05, 0.1) is 6.61 Å². The van der Waals surface area contributed by atoms with Gasteiger partial charge in [-0.3, -0.25) is 4.79 Å². The van der Waals surface area contributed by atoms with Gasteiger partial charge in [-0.2, -0.15) is 0 Å². The first-order valence-electron chi connectivity index (χ1n) is 6.60. The molecule has 1 heterocycles. The number of hydrogen-bond acceptors (Lipinski definition) is 4. The van der Waals surface area contributed by atoms with Crippen LogP contribution in [0.5, 0.6) is 0 Å². The first-order chi connectivity index (χ1) is 9.04. The third kappa shape index (κ3) is 5.44. The minimum absolute atomic E-state index is 0.0387. The van der Waals surface area contributed by atoms with Crippen molar-refractivity contribution in [2.75, 3.05) is 26.8 Å². The van der Waals surface area contributed by atoms with Crippen molar-refractivity contribution in [3.63, 3.8) is 0 Å². The Morgan fingerprint density at radius 1 is 1.42 bits per heavy atom. The minimum Gasteiger partial charge on any atom is -0.466 e. The van der Waals surface area contributed by atoms with E-state index in [9.17, 15) is 4.79 Å². The molecule has 2 N–H and O–H groups in total. The molecule has 5 nitrogen and oxygen atoms in total. The maximum atomic E-state index is 11.5. The molecule has 5 heteroatoms. The Morgan fingerprint density at radius 3 is 2.74 bits per heavy atom. The highest BCUT2D eigenvalue weighted by Gasteiger charge is 2.12. The highest BCUT2D eigenvalue weighted by molar-refractivity contribution is 5.76. The molecule has 0 aliphatic carbocycles. The van der Waals surface area contributed by atoms with Crippen molar-refractivity contribution in [1.82, 2.24) is 10.6 Å². The Bertz CT molecular complexity index is 401. The molecule has 0 saturated carbocycles. The summed E-state index contributed by atoms with van der Waals surface area (Å²) >= 11 is 0. The number of furan rings is 1. The van der Waals surface area contributed by atoms with E-state index in [0.717, 1.165) is 17.1 Å². The number of rotatable bonds is 8. The van der Waals surface area contributed by atoms with Gasteiger partial charge in [-0.15, -0.1) is 0 Å². The van der Waals surface area contributed by atoms with E-state index in [1.807, 2.05) is 19.9 Å². The van der Waals surface area contributed by atoms with Crippen LogP contribution in [0.3, 0.4) is 0 Å². The molecule has 0 bridgehead atoms. The number of ether oxygens (including phenoxy) is 1. The number of carbonyl (C=O) groups excluding carboxylic acids is 1. The maximum Gasteiger partial charge on any atom is 0.221 e. The van der Waals surface area contributed by atoms with Gasteiger partial charge in [0.1, 0.15) is 11.5 Å². The zero-order valence-corrected chi connectivity index (χ0v) is 12.2. The zero-order chi connectivity index (χ0) is 14.3. The molecule has 1 amide bonds. The van der Waals surface area contributed by atoms with Gasteiger partial charge in [-0.05, 0) is 26.8 Å². The van der Waals surface area contributed by atoms with E-state index in [0.29, 0.717) is 26.1 Å². The van der Waals surface area contributed by atoms with E-state index >= 15 is 0 Å². The lowest BCUT2D eigenvalue weighted by atomic mass is 10.1. The molecule has 19 heavy (non-hydrogen) atoms. The molecule has 1 atom stereocenters. The Morgan fingerprint density at radius 2 is 2.16 bits per heavy atom. The summed E-state index contributed by atoms with van der Waals surface area (Å²) in [5.74, 6) is 1.89. The van der Waals surface area contributed by atoms with Crippen LogP contribution in [0.15, 0.2) is 10.5 Å². The first-order valence-corrected chi connectivity index (χ1v) is 6.60. The number of hydrogen-bond donors (Lipinski definition) is 2. The number of aryl methyl sites for hydroxylation is 2. The fraction of sp³-hybridized carbons (Fsp3) is 0.643. The van der Waals surface area contributed by atoms with Crippen molar-refractivity contribution in [1.29, 1.82) is 0 Å². The predicted octanol–water partition coefficient (Wildman–Crippen LogP) is 1.70. The van der Waals surface area contributed by atoms with Crippen LogP contribution in [0.4, 0.5) is 0 Å². The van der Waals surface area contributed by atoms with E-state index in [2.05, 4.69) is 17.6 Å². The lowest BCUT2D eigenvalue weighted by molar-refractivity contribution is -0.121. The average Bonchev–Trinajstić information content (AvgIpc) is 2.69. The number of amides is 1. The molecule has 1 aromatic rings. The fourth-order valence-corrected chi connectivity index (χ4v) is 1.97.